The third-order valence-corrected chi connectivity index (χ3v) is 5.89. The quantitative estimate of drug-likeness (QED) is 0.766. The van der Waals surface area contributed by atoms with Gasteiger partial charge in [0.2, 0.25) is 5.91 Å². The Morgan fingerprint density at radius 2 is 1.80 bits per heavy atom. The van der Waals surface area contributed by atoms with Crippen molar-refractivity contribution in [2.75, 3.05) is 18.4 Å². The Labute approximate surface area is 179 Å². The van der Waals surface area contributed by atoms with Gasteiger partial charge in [0.05, 0.1) is 17.1 Å². The highest BCUT2D eigenvalue weighted by molar-refractivity contribution is 6.62. The summed E-state index contributed by atoms with van der Waals surface area (Å²) < 4.78 is 17.6. The molecule has 2 aliphatic heterocycles. The average Bonchev–Trinajstić information content (AvgIpc) is 3.17. The van der Waals surface area contributed by atoms with Crippen LogP contribution in [0.15, 0.2) is 24.3 Å². The largest absolute Gasteiger partial charge is 0.494 e. The highest BCUT2D eigenvalue weighted by Crippen LogP contribution is 2.36. The zero-order valence-electron chi connectivity index (χ0n) is 19.1. The van der Waals surface area contributed by atoms with E-state index < -0.39 is 23.9 Å². The maximum atomic E-state index is 12.8. The van der Waals surface area contributed by atoms with Gasteiger partial charge in [-0.15, -0.1) is 0 Å². The SMILES string of the molecule is CC(C)(C)OC(=O)N1CCC(C(=O)Nc2cccc(B3OC(C)(C)C(C)(C)O3)c2)C1. The van der Waals surface area contributed by atoms with Crippen LogP contribution in [0.2, 0.25) is 0 Å². The molecular weight excluding hydrogens is 383 g/mol. The fourth-order valence-corrected chi connectivity index (χ4v) is 3.45. The Balaban J connectivity index is 1.61. The number of carbonyl (C=O) groups excluding carboxylic acids is 2. The van der Waals surface area contributed by atoms with Crippen molar-refractivity contribution in [2.24, 2.45) is 5.92 Å². The van der Waals surface area contributed by atoms with E-state index in [9.17, 15) is 9.59 Å². The molecule has 1 atom stereocenters. The minimum absolute atomic E-state index is 0.105. The molecular formula is C22H33BN2O5. The normalized spacial score (nSPS) is 22.8. The summed E-state index contributed by atoms with van der Waals surface area (Å²) in [5, 5.41) is 2.97. The van der Waals surface area contributed by atoms with E-state index in [1.807, 2.05) is 72.7 Å². The summed E-state index contributed by atoms with van der Waals surface area (Å²) in [5.74, 6) is -0.370. The maximum absolute atomic E-state index is 12.8. The summed E-state index contributed by atoms with van der Waals surface area (Å²) in [4.78, 5) is 26.6. The number of nitrogens with one attached hydrogen (secondary N) is 1. The number of benzene rings is 1. The lowest BCUT2D eigenvalue weighted by molar-refractivity contribution is -0.119. The molecule has 0 bridgehead atoms. The van der Waals surface area contributed by atoms with Crippen LogP contribution in [0.4, 0.5) is 10.5 Å². The number of amides is 2. The molecule has 0 aliphatic carbocycles. The molecule has 0 radical (unpaired) electrons. The van der Waals surface area contributed by atoms with Crippen molar-refractivity contribution in [3.8, 4) is 0 Å². The number of hydrogen-bond acceptors (Lipinski definition) is 5. The summed E-state index contributed by atoms with van der Waals surface area (Å²) in [6, 6.07) is 7.52. The van der Waals surface area contributed by atoms with Gasteiger partial charge >= 0.3 is 13.2 Å². The van der Waals surface area contributed by atoms with Crippen LogP contribution >= 0.6 is 0 Å². The minimum atomic E-state index is -0.550. The first kappa shape index (κ1) is 22.6. The molecule has 0 saturated carbocycles. The van der Waals surface area contributed by atoms with E-state index in [-0.39, 0.29) is 17.9 Å². The van der Waals surface area contributed by atoms with Gasteiger partial charge in [0.1, 0.15) is 5.60 Å². The van der Waals surface area contributed by atoms with E-state index in [1.165, 1.54) is 0 Å². The van der Waals surface area contributed by atoms with Crippen molar-refractivity contribution in [2.45, 2.75) is 71.7 Å². The standard InChI is InChI=1S/C22H33BN2O5/c1-20(2,3)28-19(27)25-12-11-15(14-25)18(26)24-17-10-8-9-16(13-17)23-29-21(4,5)22(6,7)30-23/h8-10,13,15H,11-12,14H2,1-7H3,(H,24,26). The molecule has 3 rings (SSSR count). The fraction of sp³-hybridized carbons (Fsp3) is 0.636. The summed E-state index contributed by atoms with van der Waals surface area (Å²) in [7, 11) is -0.485. The second-order valence-electron chi connectivity index (χ2n) is 10.1. The first-order valence-corrected chi connectivity index (χ1v) is 10.5. The Hall–Kier alpha value is -2.06. The second kappa shape index (κ2) is 7.89. The van der Waals surface area contributed by atoms with Crippen LogP contribution in [0.3, 0.4) is 0 Å². The van der Waals surface area contributed by atoms with E-state index in [0.29, 0.717) is 25.2 Å². The number of rotatable bonds is 3. The van der Waals surface area contributed by atoms with Crippen molar-refractivity contribution in [1.29, 1.82) is 0 Å². The average molecular weight is 416 g/mol. The molecule has 7 nitrogen and oxygen atoms in total. The highest BCUT2D eigenvalue weighted by Gasteiger charge is 2.51. The fourth-order valence-electron chi connectivity index (χ4n) is 3.45. The number of anilines is 1. The number of likely N-dealkylation sites (tertiary alicyclic amines) is 1. The summed E-state index contributed by atoms with van der Waals surface area (Å²) in [5.41, 5.74) is 0.138. The molecule has 2 amide bonds. The topological polar surface area (TPSA) is 77.1 Å². The maximum Gasteiger partial charge on any atom is 0.494 e. The van der Waals surface area contributed by atoms with Gasteiger partial charge in [-0.3, -0.25) is 4.79 Å². The highest BCUT2D eigenvalue weighted by atomic mass is 16.7. The van der Waals surface area contributed by atoms with Gasteiger partial charge in [0.25, 0.3) is 0 Å². The Morgan fingerprint density at radius 3 is 2.40 bits per heavy atom. The lowest BCUT2D eigenvalue weighted by Crippen LogP contribution is -2.41. The molecule has 0 aromatic heterocycles. The molecule has 1 unspecified atom stereocenters. The molecule has 8 heteroatoms. The van der Waals surface area contributed by atoms with Gasteiger partial charge in [-0.25, -0.2) is 4.79 Å². The molecule has 2 heterocycles. The summed E-state index contributed by atoms with van der Waals surface area (Å²) >= 11 is 0. The predicted molar refractivity (Wildman–Crippen MR) is 117 cm³/mol. The Bertz CT molecular complexity index is 802. The van der Waals surface area contributed by atoms with Crippen molar-refractivity contribution in [1.82, 2.24) is 4.90 Å². The summed E-state index contributed by atoms with van der Waals surface area (Å²) in [6.07, 6.45) is 0.239. The third-order valence-electron chi connectivity index (χ3n) is 5.89. The molecule has 1 aromatic carbocycles. The molecule has 2 fully saturated rings. The Morgan fingerprint density at radius 1 is 1.17 bits per heavy atom. The van der Waals surface area contributed by atoms with Crippen molar-refractivity contribution < 1.29 is 23.6 Å². The zero-order chi connectivity index (χ0) is 22.3. The van der Waals surface area contributed by atoms with Gasteiger partial charge in [0, 0.05) is 18.8 Å². The van der Waals surface area contributed by atoms with Crippen LogP contribution < -0.4 is 10.8 Å². The van der Waals surface area contributed by atoms with E-state index in [0.717, 1.165) is 5.46 Å². The molecule has 2 aliphatic rings. The van der Waals surface area contributed by atoms with E-state index >= 15 is 0 Å². The lowest BCUT2D eigenvalue weighted by atomic mass is 9.79. The second-order valence-corrected chi connectivity index (χ2v) is 10.1. The van der Waals surface area contributed by atoms with Crippen LogP contribution in [-0.4, -0.2) is 53.9 Å². The third kappa shape index (κ3) is 4.98. The van der Waals surface area contributed by atoms with Crippen LogP contribution in [0, 0.1) is 5.92 Å². The predicted octanol–water partition coefficient (Wildman–Crippen LogP) is 3.18. The molecule has 0 spiro atoms. The van der Waals surface area contributed by atoms with Gasteiger partial charge in [0.15, 0.2) is 0 Å². The minimum Gasteiger partial charge on any atom is -0.444 e. The van der Waals surface area contributed by atoms with Crippen LogP contribution in [0.1, 0.15) is 54.9 Å². The number of ether oxygens (including phenoxy) is 1. The number of carbonyl (C=O) groups is 2. The van der Waals surface area contributed by atoms with Crippen molar-refractivity contribution >= 4 is 30.3 Å². The lowest BCUT2D eigenvalue weighted by Gasteiger charge is -2.32. The van der Waals surface area contributed by atoms with Crippen LogP contribution in [-0.2, 0) is 18.8 Å². The van der Waals surface area contributed by atoms with E-state index in [2.05, 4.69) is 5.32 Å². The first-order chi connectivity index (χ1) is 13.8. The smallest absolute Gasteiger partial charge is 0.444 e. The summed E-state index contributed by atoms with van der Waals surface area (Å²) in [6.45, 7) is 14.4. The Kier molecular flexibility index (Phi) is 5.95. The van der Waals surface area contributed by atoms with Crippen molar-refractivity contribution in [3.63, 3.8) is 0 Å². The molecule has 2 saturated heterocycles. The van der Waals surface area contributed by atoms with Gasteiger partial charge < -0.3 is 24.3 Å². The number of nitrogens with zero attached hydrogens (tertiary/aromatic N) is 1. The first-order valence-electron chi connectivity index (χ1n) is 10.5. The van der Waals surface area contributed by atoms with Crippen molar-refractivity contribution in [3.05, 3.63) is 24.3 Å². The zero-order valence-corrected chi connectivity index (χ0v) is 19.1. The molecule has 30 heavy (non-hydrogen) atoms. The molecule has 1 N–H and O–H groups in total. The van der Waals surface area contributed by atoms with E-state index in [1.54, 1.807) is 4.90 Å². The van der Waals surface area contributed by atoms with E-state index in [4.69, 9.17) is 14.0 Å². The van der Waals surface area contributed by atoms with Gasteiger partial charge in [-0.05, 0) is 72.5 Å². The monoisotopic (exact) mass is 416 g/mol. The van der Waals surface area contributed by atoms with Crippen LogP contribution in [0.25, 0.3) is 0 Å². The number of hydrogen-bond donors (Lipinski definition) is 1. The van der Waals surface area contributed by atoms with Gasteiger partial charge in [-0.2, -0.15) is 0 Å². The molecule has 1 aromatic rings. The molecule has 164 valence electrons. The van der Waals surface area contributed by atoms with Crippen LogP contribution in [0.5, 0.6) is 0 Å². The van der Waals surface area contributed by atoms with Gasteiger partial charge in [-0.1, -0.05) is 12.1 Å².